The third kappa shape index (κ3) is 4.52. The molecule has 0 aromatic carbocycles. The summed E-state index contributed by atoms with van der Waals surface area (Å²) in [5.74, 6) is -0.681. The second kappa shape index (κ2) is 6.04. The summed E-state index contributed by atoms with van der Waals surface area (Å²) >= 11 is 0. The fraction of sp³-hybridized carbons (Fsp3) is 0.833. The summed E-state index contributed by atoms with van der Waals surface area (Å²) in [6, 6.07) is -0.242. The average molecular weight is 258 g/mol. The zero-order chi connectivity index (χ0) is 13.8. The van der Waals surface area contributed by atoms with Crippen LogP contribution in [0.1, 0.15) is 27.2 Å². The van der Waals surface area contributed by atoms with E-state index < -0.39 is 11.7 Å². The van der Waals surface area contributed by atoms with Crippen LogP contribution in [0.25, 0.3) is 0 Å². The van der Waals surface area contributed by atoms with Crippen LogP contribution < -0.4 is 10.6 Å². The molecule has 104 valence electrons. The van der Waals surface area contributed by atoms with E-state index in [0.29, 0.717) is 13.0 Å². The number of ether oxygens (including phenoxy) is 2. The smallest absolute Gasteiger partial charge is 0.407 e. The quantitative estimate of drug-likeness (QED) is 0.712. The molecule has 1 aliphatic rings. The number of hydrogen-bond donors (Lipinski definition) is 2. The fourth-order valence-corrected chi connectivity index (χ4v) is 1.89. The molecule has 1 saturated heterocycles. The van der Waals surface area contributed by atoms with Gasteiger partial charge in [-0.2, -0.15) is 0 Å². The topological polar surface area (TPSA) is 76.7 Å². The number of carbonyl (C=O) groups excluding carboxylic acids is 2. The second-order valence-electron chi connectivity index (χ2n) is 5.38. The highest BCUT2D eigenvalue weighted by atomic mass is 16.6. The summed E-state index contributed by atoms with van der Waals surface area (Å²) in [6.45, 7) is 6.66. The number of piperidine rings is 1. The molecule has 2 N–H and O–H groups in total. The maximum absolute atomic E-state index is 11.7. The van der Waals surface area contributed by atoms with Gasteiger partial charge in [0.2, 0.25) is 0 Å². The standard InChI is InChI=1S/C12H22N2O4/c1-12(2,3)18-11(16)14-9-5-6-13-7-8(9)10(15)17-4/h8-9,13H,5-7H2,1-4H3,(H,14,16)/t8-,9+/m0/s1. The predicted octanol–water partition coefficient (Wildman–Crippen LogP) is 0.662. The van der Waals surface area contributed by atoms with Crippen LogP contribution >= 0.6 is 0 Å². The van der Waals surface area contributed by atoms with Crippen molar-refractivity contribution in [1.82, 2.24) is 10.6 Å². The first-order valence-corrected chi connectivity index (χ1v) is 6.11. The Morgan fingerprint density at radius 3 is 2.56 bits per heavy atom. The minimum atomic E-state index is -0.544. The Bertz CT molecular complexity index is 312. The van der Waals surface area contributed by atoms with Crippen LogP contribution in [0.5, 0.6) is 0 Å². The van der Waals surface area contributed by atoms with Crippen LogP contribution in [0.3, 0.4) is 0 Å². The van der Waals surface area contributed by atoms with Gasteiger partial charge in [0.25, 0.3) is 0 Å². The van der Waals surface area contributed by atoms with E-state index in [1.807, 2.05) is 0 Å². The maximum atomic E-state index is 11.7. The molecule has 6 heteroatoms. The normalized spacial score (nSPS) is 24.2. The van der Waals surface area contributed by atoms with E-state index in [0.717, 1.165) is 6.54 Å². The Hall–Kier alpha value is -1.30. The summed E-state index contributed by atoms with van der Waals surface area (Å²) in [4.78, 5) is 23.3. The largest absolute Gasteiger partial charge is 0.469 e. The van der Waals surface area contributed by atoms with Gasteiger partial charge in [-0.3, -0.25) is 4.79 Å². The lowest BCUT2D eigenvalue weighted by molar-refractivity contribution is -0.146. The van der Waals surface area contributed by atoms with E-state index in [9.17, 15) is 9.59 Å². The zero-order valence-corrected chi connectivity index (χ0v) is 11.4. The van der Waals surface area contributed by atoms with Gasteiger partial charge in [-0.15, -0.1) is 0 Å². The lowest BCUT2D eigenvalue weighted by atomic mass is 9.93. The van der Waals surface area contributed by atoms with E-state index >= 15 is 0 Å². The van der Waals surface area contributed by atoms with Crippen molar-refractivity contribution in [3.63, 3.8) is 0 Å². The summed E-state index contributed by atoms with van der Waals surface area (Å²) < 4.78 is 9.91. The molecule has 0 aliphatic carbocycles. The summed E-state index contributed by atoms with van der Waals surface area (Å²) in [6.07, 6.45) is 0.183. The number of carbonyl (C=O) groups is 2. The van der Waals surface area contributed by atoms with Crippen LogP contribution in [0.4, 0.5) is 4.79 Å². The number of hydrogen-bond acceptors (Lipinski definition) is 5. The highest BCUT2D eigenvalue weighted by molar-refractivity contribution is 5.75. The van der Waals surface area contributed by atoms with Gasteiger partial charge in [-0.1, -0.05) is 0 Å². The van der Waals surface area contributed by atoms with Gasteiger partial charge in [-0.25, -0.2) is 4.79 Å². The molecule has 0 saturated carbocycles. The van der Waals surface area contributed by atoms with Crippen molar-refractivity contribution < 1.29 is 19.1 Å². The average Bonchev–Trinajstić information content (AvgIpc) is 2.26. The summed E-state index contributed by atoms with van der Waals surface area (Å²) in [5.41, 5.74) is -0.544. The predicted molar refractivity (Wildman–Crippen MR) is 66.2 cm³/mol. The van der Waals surface area contributed by atoms with Crippen molar-refractivity contribution in [2.75, 3.05) is 20.2 Å². The molecular weight excluding hydrogens is 236 g/mol. The Morgan fingerprint density at radius 1 is 1.33 bits per heavy atom. The first kappa shape index (κ1) is 14.8. The van der Waals surface area contributed by atoms with Crippen LogP contribution in [-0.2, 0) is 14.3 Å². The molecule has 1 aliphatic heterocycles. The lowest BCUT2D eigenvalue weighted by Crippen LogP contribution is -2.53. The lowest BCUT2D eigenvalue weighted by Gasteiger charge is -2.31. The molecule has 1 heterocycles. The van der Waals surface area contributed by atoms with Crippen molar-refractivity contribution in [3.05, 3.63) is 0 Å². The van der Waals surface area contributed by atoms with E-state index in [-0.39, 0.29) is 17.9 Å². The third-order valence-corrected chi connectivity index (χ3v) is 2.69. The number of amides is 1. The van der Waals surface area contributed by atoms with Crippen molar-refractivity contribution >= 4 is 12.1 Å². The van der Waals surface area contributed by atoms with Gasteiger partial charge in [0.05, 0.1) is 13.0 Å². The van der Waals surface area contributed by atoms with Crippen molar-refractivity contribution in [2.24, 2.45) is 5.92 Å². The third-order valence-electron chi connectivity index (χ3n) is 2.69. The Labute approximate surface area is 107 Å². The van der Waals surface area contributed by atoms with Gasteiger partial charge in [-0.05, 0) is 33.7 Å². The second-order valence-corrected chi connectivity index (χ2v) is 5.38. The first-order valence-electron chi connectivity index (χ1n) is 6.11. The molecule has 0 spiro atoms. The molecule has 0 aromatic heterocycles. The Balaban J connectivity index is 2.57. The molecule has 1 rings (SSSR count). The van der Waals surface area contributed by atoms with Gasteiger partial charge >= 0.3 is 12.1 Å². The zero-order valence-electron chi connectivity index (χ0n) is 11.4. The van der Waals surface area contributed by atoms with Gasteiger partial charge in [0.15, 0.2) is 0 Å². The molecule has 0 radical (unpaired) electrons. The molecule has 0 aromatic rings. The Morgan fingerprint density at radius 2 is 2.00 bits per heavy atom. The molecule has 2 atom stereocenters. The van der Waals surface area contributed by atoms with Gasteiger partial charge in [0.1, 0.15) is 5.60 Å². The molecule has 0 bridgehead atoms. The number of rotatable bonds is 2. The minimum absolute atomic E-state index is 0.242. The molecule has 18 heavy (non-hydrogen) atoms. The highest BCUT2D eigenvalue weighted by Gasteiger charge is 2.33. The first-order chi connectivity index (χ1) is 8.33. The van der Waals surface area contributed by atoms with E-state index in [4.69, 9.17) is 9.47 Å². The van der Waals surface area contributed by atoms with Gasteiger partial charge in [0, 0.05) is 12.6 Å². The number of alkyl carbamates (subject to hydrolysis) is 1. The van der Waals surface area contributed by atoms with Gasteiger partial charge < -0.3 is 20.1 Å². The molecule has 6 nitrogen and oxygen atoms in total. The van der Waals surface area contributed by atoms with E-state index in [1.54, 1.807) is 20.8 Å². The van der Waals surface area contributed by atoms with Crippen LogP contribution in [0.2, 0.25) is 0 Å². The van der Waals surface area contributed by atoms with Crippen LogP contribution in [0, 0.1) is 5.92 Å². The van der Waals surface area contributed by atoms with Crippen molar-refractivity contribution in [1.29, 1.82) is 0 Å². The molecule has 0 unspecified atom stereocenters. The van der Waals surface area contributed by atoms with Crippen LogP contribution in [0.15, 0.2) is 0 Å². The summed E-state index contributed by atoms with van der Waals surface area (Å²) in [7, 11) is 1.35. The monoisotopic (exact) mass is 258 g/mol. The minimum Gasteiger partial charge on any atom is -0.469 e. The number of esters is 1. The number of nitrogens with one attached hydrogen (secondary N) is 2. The van der Waals surface area contributed by atoms with Crippen molar-refractivity contribution in [3.8, 4) is 0 Å². The van der Waals surface area contributed by atoms with Crippen molar-refractivity contribution in [2.45, 2.75) is 38.8 Å². The molecule has 1 amide bonds. The Kier molecular flexibility index (Phi) is 4.95. The highest BCUT2D eigenvalue weighted by Crippen LogP contribution is 2.14. The molecular formula is C12H22N2O4. The maximum Gasteiger partial charge on any atom is 0.407 e. The number of methoxy groups -OCH3 is 1. The molecule has 1 fully saturated rings. The fourth-order valence-electron chi connectivity index (χ4n) is 1.89. The van der Waals surface area contributed by atoms with E-state index in [2.05, 4.69) is 10.6 Å². The van der Waals surface area contributed by atoms with E-state index in [1.165, 1.54) is 7.11 Å². The van der Waals surface area contributed by atoms with Crippen LogP contribution in [-0.4, -0.2) is 43.9 Å². The summed E-state index contributed by atoms with van der Waals surface area (Å²) in [5, 5.41) is 5.85. The SMILES string of the molecule is COC(=O)[C@H]1CNCC[C@H]1NC(=O)OC(C)(C)C.